The highest BCUT2D eigenvalue weighted by molar-refractivity contribution is 6.35. The van der Waals surface area contributed by atoms with Crippen molar-refractivity contribution in [1.29, 1.82) is 0 Å². The predicted molar refractivity (Wildman–Crippen MR) is 72.2 cm³/mol. The molecule has 2 aromatic heterocycles. The molecule has 18 heavy (non-hydrogen) atoms. The number of hydrogen-bond acceptors (Lipinski definition) is 3. The number of hydrogen-bond donors (Lipinski definition) is 3. The van der Waals surface area contributed by atoms with Crippen LogP contribution in [0.25, 0.3) is 0 Å². The average Bonchev–Trinajstić information content (AvgIpc) is 2.70. The molecule has 4 N–H and O–H groups in total. The van der Waals surface area contributed by atoms with E-state index in [1.807, 2.05) is 0 Å². The molecule has 0 atom stereocenters. The monoisotopic (exact) mass is 284 g/mol. The minimum absolute atomic E-state index is 0.146. The van der Waals surface area contributed by atoms with Gasteiger partial charge in [-0.2, -0.15) is 0 Å². The first-order valence-corrected chi connectivity index (χ1v) is 5.81. The van der Waals surface area contributed by atoms with Gasteiger partial charge in [0.1, 0.15) is 10.8 Å². The van der Waals surface area contributed by atoms with Gasteiger partial charge in [0.25, 0.3) is 5.91 Å². The highest BCUT2D eigenvalue weighted by Gasteiger charge is 2.13. The number of anilines is 2. The molecule has 2 rings (SSSR count). The van der Waals surface area contributed by atoms with E-state index in [2.05, 4.69) is 15.3 Å². The van der Waals surface area contributed by atoms with Crippen LogP contribution in [0.15, 0.2) is 18.3 Å². The van der Waals surface area contributed by atoms with Gasteiger partial charge in [0.2, 0.25) is 0 Å². The van der Waals surface area contributed by atoms with Gasteiger partial charge in [-0.3, -0.25) is 4.79 Å². The van der Waals surface area contributed by atoms with Crippen LogP contribution in [-0.4, -0.2) is 15.9 Å². The number of pyridine rings is 1. The zero-order valence-electron chi connectivity index (χ0n) is 9.42. The van der Waals surface area contributed by atoms with E-state index < -0.39 is 0 Å². The van der Waals surface area contributed by atoms with E-state index in [-0.39, 0.29) is 16.2 Å². The van der Waals surface area contributed by atoms with E-state index in [0.29, 0.717) is 17.1 Å². The van der Waals surface area contributed by atoms with Crippen LogP contribution in [0.1, 0.15) is 16.1 Å². The second-order valence-electron chi connectivity index (χ2n) is 3.73. The van der Waals surface area contributed by atoms with Crippen LogP contribution in [-0.2, 0) is 0 Å². The van der Waals surface area contributed by atoms with E-state index >= 15 is 0 Å². The lowest BCUT2D eigenvalue weighted by molar-refractivity contribution is 0.102. The van der Waals surface area contributed by atoms with Crippen molar-refractivity contribution >= 4 is 40.5 Å². The molecule has 0 fully saturated rings. The second kappa shape index (κ2) is 4.88. The Hall–Kier alpha value is -1.72. The Balaban J connectivity index is 2.27. The Kier molecular flexibility index (Phi) is 3.45. The largest absolute Gasteiger partial charge is 0.397 e. The summed E-state index contributed by atoms with van der Waals surface area (Å²) in [5, 5.41) is 3.08. The summed E-state index contributed by atoms with van der Waals surface area (Å²) in [5.74, 6) is -0.346. The first-order valence-electron chi connectivity index (χ1n) is 5.05. The van der Waals surface area contributed by atoms with Crippen LogP contribution >= 0.6 is 23.2 Å². The number of nitrogens with two attached hydrogens (primary N) is 1. The molecule has 0 aromatic carbocycles. The standard InChI is InChI=1S/C11H10Cl2N4O/c1-5-2-8(12)16-10(13)9(5)17-11(18)7-3-6(14)4-15-7/h2-4,15H,14H2,1H3,(H,17,18). The number of H-pyrrole nitrogens is 1. The van der Waals surface area contributed by atoms with Gasteiger partial charge >= 0.3 is 0 Å². The zero-order valence-corrected chi connectivity index (χ0v) is 10.9. The third-order valence-corrected chi connectivity index (χ3v) is 2.80. The third-order valence-electron chi connectivity index (χ3n) is 2.33. The SMILES string of the molecule is Cc1cc(Cl)nc(Cl)c1NC(=O)c1cc(N)c[nH]1. The van der Waals surface area contributed by atoms with E-state index in [9.17, 15) is 4.79 Å². The molecule has 7 heteroatoms. The highest BCUT2D eigenvalue weighted by atomic mass is 35.5. The summed E-state index contributed by atoms with van der Waals surface area (Å²) in [5.41, 5.74) is 7.51. The first-order chi connectivity index (χ1) is 8.47. The predicted octanol–water partition coefficient (Wildman–Crippen LogP) is 2.86. The maximum atomic E-state index is 11.9. The molecule has 0 bridgehead atoms. The lowest BCUT2D eigenvalue weighted by atomic mass is 10.2. The normalized spacial score (nSPS) is 10.4. The smallest absolute Gasteiger partial charge is 0.272 e. The number of nitrogen functional groups attached to an aromatic ring is 1. The minimum atomic E-state index is -0.346. The van der Waals surface area contributed by atoms with Gasteiger partial charge in [-0.1, -0.05) is 23.2 Å². The number of nitrogens with zero attached hydrogens (tertiary/aromatic N) is 1. The van der Waals surface area contributed by atoms with Gasteiger partial charge in [-0.25, -0.2) is 4.98 Å². The Morgan fingerprint density at radius 1 is 1.44 bits per heavy atom. The quantitative estimate of drug-likeness (QED) is 0.742. The molecule has 0 saturated heterocycles. The van der Waals surface area contributed by atoms with Crippen molar-refractivity contribution in [3.8, 4) is 0 Å². The molecular weight excluding hydrogens is 275 g/mol. The fourth-order valence-electron chi connectivity index (χ4n) is 1.47. The van der Waals surface area contributed by atoms with Gasteiger partial charge in [0.15, 0.2) is 5.15 Å². The molecule has 0 saturated carbocycles. The second-order valence-corrected chi connectivity index (χ2v) is 4.47. The number of aromatic amines is 1. The molecule has 94 valence electrons. The lowest BCUT2D eigenvalue weighted by Crippen LogP contribution is -2.14. The lowest BCUT2D eigenvalue weighted by Gasteiger charge is -2.09. The fraction of sp³-hybridized carbons (Fsp3) is 0.0909. The van der Waals surface area contributed by atoms with Crippen LogP contribution in [0.3, 0.4) is 0 Å². The summed E-state index contributed by atoms with van der Waals surface area (Å²) in [6, 6.07) is 3.15. The number of nitrogens with one attached hydrogen (secondary N) is 2. The van der Waals surface area contributed by atoms with E-state index in [1.165, 1.54) is 12.3 Å². The molecule has 0 aliphatic carbocycles. The molecular formula is C11H10Cl2N4O. The van der Waals surface area contributed by atoms with Gasteiger partial charge in [-0.05, 0) is 24.6 Å². The fourth-order valence-corrected chi connectivity index (χ4v) is 2.05. The number of aryl methyl sites for hydroxylation is 1. The number of aromatic nitrogens is 2. The van der Waals surface area contributed by atoms with Crippen LogP contribution in [0.5, 0.6) is 0 Å². The Labute approximate surface area is 113 Å². The number of halogens is 2. The van der Waals surface area contributed by atoms with Crippen molar-refractivity contribution in [2.24, 2.45) is 0 Å². The molecule has 0 spiro atoms. The molecule has 0 aliphatic rings. The topological polar surface area (TPSA) is 83.8 Å². The zero-order chi connectivity index (χ0) is 13.3. The Bertz CT molecular complexity index is 586. The van der Waals surface area contributed by atoms with Gasteiger partial charge < -0.3 is 16.0 Å². The molecule has 5 nitrogen and oxygen atoms in total. The number of carbonyl (C=O) groups excluding carboxylic acids is 1. The first kappa shape index (κ1) is 12.7. The Morgan fingerprint density at radius 2 is 2.17 bits per heavy atom. The molecule has 2 aromatic rings. The summed E-state index contributed by atoms with van der Waals surface area (Å²) in [7, 11) is 0. The van der Waals surface area contributed by atoms with Crippen molar-refractivity contribution < 1.29 is 4.79 Å². The third kappa shape index (κ3) is 2.57. The van der Waals surface area contributed by atoms with Crippen molar-refractivity contribution in [3.05, 3.63) is 39.9 Å². The molecule has 0 radical (unpaired) electrons. The van der Waals surface area contributed by atoms with E-state index in [1.54, 1.807) is 13.0 Å². The highest BCUT2D eigenvalue weighted by Crippen LogP contribution is 2.26. The maximum Gasteiger partial charge on any atom is 0.272 e. The maximum absolute atomic E-state index is 11.9. The molecule has 0 aliphatic heterocycles. The summed E-state index contributed by atoms with van der Waals surface area (Å²) in [4.78, 5) is 18.5. The van der Waals surface area contributed by atoms with Crippen molar-refractivity contribution in [2.75, 3.05) is 11.1 Å². The number of carbonyl (C=O) groups is 1. The van der Waals surface area contributed by atoms with E-state index in [4.69, 9.17) is 28.9 Å². The summed E-state index contributed by atoms with van der Waals surface area (Å²) >= 11 is 11.7. The van der Waals surface area contributed by atoms with Gasteiger partial charge in [0.05, 0.1) is 5.69 Å². The summed E-state index contributed by atoms with van der Waals surface area (Å²) in [6.07, 6.45) is 1.53. The van der Waals surface area contributed by atoms with Crippen LogP contribution < -0.4 is 11.1 Å². The Morgan fingerprint density at radius 3 is 2.72 bits per heavy atom. The average molecular weight is 285 g/mol. The van der Waals surface area contributed by atoms with Crippen LogP contribution in [0.2, 0.25) is 10.3 Å². The van der Waals surface area contributed by atoms with Crippen LogP contribution in [0, 0.1) is 6.92 Å². The summed E-state index contributed by atoms with van der Waals surface area (Å²) < 4.78 is 0. The molecule has 1 amide bonds. The number of rotatable bonds is 2. The van der Waals surface area contributed by atoms with Gasteiger partial charge in [-0.15, -0.1) is 0 Å². The summed E-state index contributed by atoms with van der Waals surface area (Å²) in [6.45, 7) is 1.78. The molecule has 0 unspecified atom stereocenters. The van der Waals surface area contributed by atoms with Gasteiger partial charge in [0, 0.05) is 11.9 Å². The minimum Gasteiger partial charge on any atom is -0.397 e. The van der Waals surface area contributed by atoms with Crippen molar-refractivity contribution in [1.82, 2.24) is 9.97 Å². The van der Waals surface area contributed by atoms with Crippen LogP contribution in [0.4, 0.5) is 11.4 Å². The van der Waals surface area contributed by atoms with E-state index in [0.717, 1.165) is 5.56 Å². The van der Waals surface area contributed by atoms with Crippen molar-refractivity contribution in [2.45, 2.75) is 6.92 Å². The number of amides is 1. The molecule has 2 heterocycles. The van der Waals surface area contributed by atoms with Crippen molar-refractivity contribution in [3.63, 3.8) is 0 Å².